The van der Waals surface area contributed by atoms with Crippen molar-refractivity contribution in [1.82, 2.24) is 5.32 Å². The zero-order chi connectivity index (χ0) is 38.6. The molecule has 1 rings (SSSR count). The summed E-state index contributed by atoms with van der Waals surface area (Å²) >= 11 is 0. The van der Waals surface area contributed by atoms with Gasteiger partial charge in [-0.25, -0.2) is 4.18 Å². The van der Waals surface area contributed by atoms with E-state index in [0.29, 0.717) is 12.8 Å². The molecule has 0 saturated carbocycles. The lowest BCUT2D eigenvalue weighted by atomic mass is 9.99. The second-order valence-corrected chi connectivity index (χ2v) is 15.4. The Morgan fingerprint density at radius 1 is 0.769 bits per heavy atom. The van der Waals surface area contributed by atoms with Gasteiger partial charge in [0, 0.05) is 0 Å². The summed E-state index contributed by atoms with van der Waals surface area (Å²) in [4.78, 5) is 13.0. The normalized spacial score (nSPS) is 22.8. The quantitative estimate of drug-likeness (QED) is 0.0254. The molecule has 0 aliphatic carbocycles. The Balaban J connectivity index is 2.57. The van der Waals surface area contributed by atoms with E-state index in [1.807, 2.05) is 0 Å². The number of aliphatic hydroxyl groups excluding tert-OH is 5. The molecule has 1 saturated heterocycles. The average molecular weight is 768 g/mol. The third-order valence-electron chi connectivity index (χ3n) is 9.68. The summed E-state index contributed by atoms with van der Waals surface area (Å²) < 4.78 is 47.2. The molecule has 52 heavy (non-hydrogen) atoms. The van der Waals surface area contributed by atoms with Crippen LogP contribution in [0.25, 0.3) is 0 Å². The lowest BCUT2D eigenvalue weighted by molar-refractivity contribution is -0.298. The molecule has 1 aliphatic rings. The van der Waals surface area contributed by atoms with Crippen LogP contribution in [0.4, 0.5) is 0 Å². The summed E-state index contributed by atoms with van der Waals surface area (Å²) in [7, 11) is -5.11. The number of hydrogen-bond donors (Lipinski definition) is 7. The van der Waals surface area contributed by atoms with E-state index in [4.69, 9.17) is 14.0 Å². The highest BCUT2D eigenvalue weighted by Gasteiger charge is 2.48. The summed E-state index contributed by atoms with van der Waals surface area (Å²) in [6.07, 6.45) is 17.7. The van der Waals surface area contributed by atoms with Gasteiger partial charge in [-0.15, -0.1) is 0 Å². The topological polar surface area (TPSA) is 212 Å². The number of carbonyl (C=O) groups is 1. The molecule has 1 heterocycles. The van der Waals surface area contributed by atoms with Crippen LogP contribution in [-0.2, 0) is 28.9 Å². The third kappa shape index (κ3) is 22.9. The smallest absolute Gasteiger partial charge is 0.394 e. The molecule has 7 N–H and O–H groups in total. The Labute approximate surface area is 313 Å². The Morgan fingerprint density at radius 3 is 1.73 bits per heavy atom. The van der Waals surface area contributed by atoms with E-state index in [-0.39, 0.29) is 6.42 Å². The van der Waals surface area contributed by atoms with Gasteiger partial charge in [-0.05, 0) is 19.3 Å². The molecular formula is C38H73NO12S. The summed E-state index contributed by atoms with van der Waals surface area (Å²) in [6.45, 7) is 3.12. The Bertz CT molecular complexity index is 1020. The van der Waals surface area contributed by atoms with Crippen molar-refractivity contribution in [2.45, 2.75) is 210 Å². The van der Waals surface area contributed by atoms with Crippen molar-refractivity contribution < 1.29 is 57.0 Å². The predicted molar refractivity (Wildman–Crippen MR) is 201 cm³/mol. The highest BCUT2D eigenvalue weighted by atomic mass is 32.3. The van der Waals surface area contributed by atoms with Crippen LogP contribution in [0.5, 0.6) is 0 Å². The molecule has 1 amide bonds. The first kappa shape index (κ1) is 48.8. The average Bonchev–Trinajstić information content (AvgIpc) is 3.11. The maximum atomic E-state index is 13.0. The minimum absolute atomic E-state index is 0.247. The van der Waals surface area contributed by atoms with E-state index >= 15 is 0 Å². The van der Waals surface area contributed by atoms with Gasteiger partial charge in [0.2, 0.25) is 5.91 Å². The zero-order valence-corrected chi connectivity index (χ0v) is 32.8. The van der Waals surface area contributed by atoms with Gasteiger partial charge in [0.25, 0.3) is 0 Å². The minimum atomic E-state index is -5.11. The first-order chi connectivity index (χ1) is 24.9. The molecule has 1 aliphatic heterocycles. The third-order valence-corrected chi connectivity index (χ3v) is 10.1. The van der Waals surface area contributed by atoms with Crippen LogP contribution in [-0.4, -0.2) is 107 Å². The van der Waals surface area contributed by atoms with E-state index in [1.165, 1.54) is 83.1 Å². The fourth-order valence-corrected chi connectivity index (χ4v) is 6.91. The molecule has 0 radical (unpaired) electrons. The van der Waals surface area contributed by atoms with Crippen LogP contribution in [0, 0.1) is 0 Å². The van der Waals surface area contributed by atoms with Gasteiger partial charge < -0.3 is 40.3 Å². The van der Waals surface area contributed by atoms with Gasteiger partial charge >= 0.3 is 10.4 Å². The molecule has 1 fully saturated rings. The first-order valence-electron chi connectivity index (χ1n) is 20.2. The number of allylic oxidation sites excluding steroid dienone is 1. The van der Waals surface area contributed by atoms with Crippen LogP contribution in [0.15, 0.2) is 12.2 Å². The maximum Gasteiger partial charge on any atom is 0.397 e. The lowest BCUT2D eigenvalue weighted by Crippen LogP contribution is -2.61. The maximum absolute atomic E-state index is 13.0. The molecule has 0 aromatic rings. The molecule has 8 atom stereocenters. The summed E-state index contributed by atoms with van der Waals surface area (Å²) in [5, 5.41) is 54.7. The largest absolute Gasteiger partial charge is 0.397 e. The van der Waals surface area contributed by atoms with Crippen molar-refractivity contribution in [2.75, 3.05) is 13.2 Å². The molecule has 0 bridgehead atoms. The van der Waals surface area contributed by atoms with Crippen LogP contribution in [0.1, 0.15) is 162 Å². The first-order valence-corrected chi connectivity index (χ1v) is 21.5. The second-order valence-electron chi connectivity index (χ2n) is 14.4. The van der Waals surface area contributed by atoms with Crippen molar-refractivity contribution in [3.8, 4) is 0 Å². The monoisotopic (exact) mass is 767 g/mol. The van der Waals surface area contributed by atoms with E-state index < -0.39 is 78.5 Å². The number of rotatable bonds is 33. The highest BCUT2D eigenvalue weighted by Crippen LogP contribution is 2.26. The van der Waals surface area contributed by atoms with Gasteiger partial charge in [0.1, 0.15) is 30.5 Å². The number of nitrogens with one attached hydrogen (secondary N) is 1. The molecule has 8 unspecified atom stereocenters. The molecule has 0 spiro atoms. The number of ether oxygens (including phenoxy) is 2. The van der Waals surface area contributed by atoms with Gasteiger partial charge in [-0.1, -0.05) is 154 Å². The van der Waals surface area contributed by atoms with Gasteiger partial charge in [-0.3, -0.25) is 9.35 Å². The fraction of sp³-hybridized carbons (Fsp3) is 0.921. The lowest BCUT2D eigenvalue weighted by Gasteiger charge is -2.41. The van der Waals surface area contributed by atoms with Crippen LogP contribution in [0.2, 0.25) is 0 Å². The second kappa shape index (κ2) is 30.1. The van der Waals surface area contributed by atoms with Crippen LogP contribution < -0.4 is 5.32 Å². The summed E-state index contributed by atoms with van der Waals surface area (Å²) in [5.41, 5.74) is 0. The van der Waals surface area contributed by atoms with Crippen molar-refractivity contribution in [3.63, 3.8) is 0 Å². The van der Waals surface area contributed by atoms with E-state index in [1.54, 1.807) is 6.08 Å². The molecule has 14 heteroatoms. The van der Waals surface area contributed by atoms with Crippen molar-refractivity contribution in [2.24, 2.45) is 0 Å². The van der Waals surface area contributed by atoms with Crippen LogP contribution in [0.3, 0.4) is 0 Å². The van der Waals surface area contributed by atoms with Gasteiger partial charge in [0.15, 0.2) is 6.29 Å². The number of hydrogen-bond acceptors (Lipinski definition) is 11. The van der Waals surface area contributed by atoms with Gasteiger partial charge in [-0.2, -0.15) is 8.42 Å². The Morgan fingerprint density at radius 2 is 1.25 bits per heavy atom. The number of unbranched alkanes of at least 4 members (excludes halogenated alkanes) is 20. The van der Waals surface area contributed by atoms with Crippen molar-refractivity contribution in [3.05, 3.63) is 12.2 Å². The van der Waals surface area contributed by atoms with Gasteiger partial charge in [0.05, 0.1) is 25.4 Å². The zero-order valence-electron chi connectivity index (χ0n) is 32.0. The number of carbonyl (C=O) groups excluding carboxylic acids is 1. The molecule has 0 aromatic heterocycles. The van der Waals surface area contributed by atoms with E-state index in [0.717, 1.165) is 51.4 Å². The van der Waals surface area contributed by atoms with Crippen molar-refractivity contribution >= 4 is 16.3 Å². The Kier molecular flexibility index (Phi) is 28.2. The highest BCUT2D eigenvalue weighted by molar-refractivity contribution is 7.80. The summed E-state index contributed by atoms with van der Waals surface area (Å²) in [6, 6.07) is -1.11. The van der Waals surface area contributed by atoms with E-state index in [9.17, 15) is 38.7 Å². The molecular weight excluding hydrogens is 694 g/mol. The predicted octanol–water partition coefficient (Wildman–Crippen LogP) is 5.40. The van der Waals surface area contributed by atoms with E-state index in [2.05, 4.69) is 23.3 Å². The van der Waals surface area contributed by atoms with Crippen molar-refractivity contribution in [1.29, 1.82) is 0 Å². The molecule has 13 nitrogen and oxygen atoms in total. The minimum Gasteiger partial charge on any atom is -0.394 e. The Hall–Kier alpha value is -1.20. The van der Waals surface area contributed by atoms with Crippen LogP contribution >= 0.6 is 0 Å². The molecule has 0 aromatic carbocycles. The molecule has 308 valence electrons. The SMILES string of the molecule is CCCCCCC/C=C/C(O)C(COC1OC(CO)C(O)C(OS(=O)(=O)O)C1O)NC(=O)C(O)CCCCCCCCCCCCCCCCCC. The fourth-order valence-electron chi connectivity index (χ4n) is 6.40. The standard InChI is InChI=1S/C38H73NO12S/c1-3-5-7-9-11-12-13-14-15-16-17-18-19-21-23-25-27-32(42)37(45)39-30(31(41)26-24-22-20-10-8-6-4-2)29-49-38-35(44)36(51-52(46,47)48)34(43)33(28-40)50-38/h24,26,30-36,38,40-44H,3-23,25,27-29H2,1-2H3,(H,39,45)(H,46,47,48)/b26-24+. The summed E-state index contributed by atoms with van der Waals surface area (Å²) in [5.74, 6) is -0.706. The number of aliphatic hydroxyl groups is 5. The number of amides is 1.